The molecule has 2 atom stereocenters. The van der Waals surface area contributed by atoms with E-state index in [0.717, 1.165) is 12.8 Å². The molecule has 1 aliphatic carbocycles. The Morgan fingerprint density at radius 2 is 2.00 bits per heavy atom. The van der Waals surface area contributed by atoms with Crippen molar-refractivity contribution in [3.63, 3.8) is 0 Å². The fraction of sp³-hybridized carbons (Fsp3) is 0.900. The second kappa shape index (κ2) is 2.98. The van der Waals surface area contributed by atoms with Gasteiger partial charge in [-0.3, -0.25) is 4.79 Å². The van der Waals surface area contributed by atoms with Crippen molar-refractivity contribution >= 4 is 5.91 Å². The van der Waals surface area contributed by atoms with Gasteiger partial charge in [0.25, 0.3) is 0 Å². The number of rotatable bonds is 1. The molecular formula is C10H19NO2. The summed E-state index contributed by atoms with van der Waals surface area (Å²) in [7, 11) is 0. The molecule has 0 aromatic heterocycles. The van der Waals surface area contributed by atoms with Gasteiger partial charge in [-0.25, -0.2) is 0 Å². The number of hydrogen-bond acceptors (Lipinski definition) is 2. The molecule has 0 radical (unpaired) electrons. The Balaban J connectivity index is 2.79. The normalized spacial score (nSPS) is 38.6. The lowest BCUT2D eigenvalue weighted by Crippen LogP contribution is -2.53. The van der Waals surface area contributed by atoms with E-state index in [1.54, 1.807) is 0 Å². The van der Waals surface area contributed by atoms with Gasteiger partial charge in [0, 0.05) is 0 Å². The summed E-state index contributed by atoms with van der Waals surface area (Å²) in [6.07, 6.45) is 2.21. The summed E-state index contributed by atoms with van der Waals surface area (Å²) in [6, 6.07) is 0. The fourth-order valence-electron chi connectivity index (χ4n) is 2.24. The smallest absolute Gasteiger partial charge is 0.249 e. The average molecular weight is 185 g/mol. The molecule has 0 heterocycles. The molecule has 13 heavy (non-hydrogen) atoms. The number of carbonyl (C=O) groups excluding carboxylic acids is 1. The zero-order valence-electron chi connectivity index (χ0n) is 8.63. The van der Waals surface area contributed by atoms with Crippen LogP contribution in [-0.4, -0.2) is 16.6 Å². The van der Waals surface area contributed by atoms with Crippen LogP contribution in [0.2, 0.25) is 0 Å². The Morgan fingerprint density at radius 3 is 2.38 bits per heavy atom. The molecule has 0 saturated heterocycles. The molecule has 2 unspecified atom stereocenters. The first-order valence-electron chi connectivity index (χ1n) is 4.80. The van der Waals surface area contributed by atoms with Gasteiger partial charge in [-0.05, 0) is 30.6 Å². The standard InChI is InChI=1S/C10H19NO2/c1-7-6-9(2,3)4-5-10(7,13)8(11)12/h7,13H,4-6H2,1-3H3,(H2,11,12). The van der Waals surface area contributed by atoms with Gasteiger partial charge in [0.05, 0.1) is 0 Å². The first-order valence-corrected chi connectivity index (χ1v) is 4.80. The molecule has 76 valence electrons. The monoisotopic (exact) mass is 185 g/mol. The molecule has 0 bridgehead atoms. The highest BCUT2D eigenvalue weighted by molar-refractivity contribution is 5.83. The Bertz CT molecular complexity index is 225. The Hall–Kier alpha value is -0.570. The number of carbonyl (C=O) groups is 1. The van der Waals surface area contributed by atoms with Crippen LogP contribution >= 0.6 is 0 Å². The Morgan fingerprint density at radius 1 is 1.46 bits per heavy atom. The maximum Gasteiger partial charge on any atom is 0.249 e. The van der Waals surface area contributed by atoms with Crippen LogP contribution in [0.3, 0.4) is 0 Å². The van der Waals surface area contributed by atoms with Crippen molar-refractivity contribution in [1.82, 2.24) is 0 Å². The molecule has 1 fully saturated rings. The van der Waals surface area contributed by atoms with Crippen LogP contribution in [0, 0.1) is 11.3 Å². The molecular weight excluding hydrogens is 166 g/mol. The van der Waals surface area contributed by atoms with Gasteiger partial charge in [0.15, 0.2) is 0 Å². The first-order chi connectivity index (χ1) is 5.78. The van der Waals surface area contributed by atoms with Crippen molar-refractivity contribution in [1.29, 1.82) is 0 Å². The second-order valence-electron chi connectivity index (χ2n) is 5.06. The van der Waals surface area contributed by atoms with E-state index >= 15 is 0 Å². The molecule has 1 saturated carbocycles. The first kappa shape index (κ1) is 10.5. The van der Waals surface area contributed by atoms with Gasteiger partial charge >= 0.3 is 0 Å². The maximum absolute atomic E-state index is 11.1. The van der Waals surface area contributed by atoms with Crippen LogP contribution in [0.25, 0.3) is 0 Å². The van der Waals surface area contributed by atoms with Crippen LogP contribution in [0.15, 0.2) is 0 Å². The van der Waals surface area contributed by atoms with Crippen molar-refractivity contribution in [2.45, 2.75) is 45.6 Å². The highest BCUT2D eigenvalue weighted by Crippen LogP contribution is 2.43. The molecule has 3 heteroatoms. The summed E-state index contributed by atoms with van der Waals surface area (Å²) < 4.78 is 0. The lowest BCUT2D eigenvalue weighted by molar-refractivity contribution is -0.149. The largest absolute Gasteiger partial charge is 0.380 e. The molecule has 0 aromatic carbocycles. The van der Waals surface area contributed by atoms with E-state index in [9.17, 15) is 9.90 Å². The number of nitrogens with two attached hydrogens (primary N) is 1. The third-order valence-electron chi connectivity index (χ3n) is 3.28. The van der Waals surface area contributed by atoms with Crippen LogP contribution < -0.4 is 5.73 Å². The summed E-state index contributed by atoms with van der Waals surface area (Å²) >= 11 is 0. The minimum Gasteiger partial charge on any atom is -0.380 e. The van der Waals surface area contributed by atoms with Gasteiger partial charge in [0.2, 0.25) is 5.91 Å². The fourth-order valence-corrected chi connectivity index (χ4v) is 2.24. The molecule has 0 aromatic rings. The van der Waals surface area contributed by atoms with Crippen LogP contribution in [-0.2, 0) is 4.79 Å². The van der Waals surface area contributed by atoms with Crippen molar-refractivity contribution < 1.29 is 9.90 Å². The van der Waals surface area contributed by atoms with E-state index in [-0.39, 0.29) is 11.3 Å². The predicted octanol–water partition coefficient (Wildman–Crippen LogP) is 1.05. The van der Waals surface area contributed by atoms with Crippen molar-refractivity contribution in [3.8, 4) is 0 Å². The lowest BCUT2D eigenvalue weighted by Gasteiger charge is -2.43. The number of primary amides is 1. The van der Waals surface area contributed by atoms with Gasteiger partial charge < -0.3 is 10.8 Å². The summed E-state index contributed by atoms with van der Waals surface area (Å²) in [4.78, 5) is 11.1. The number of hydrogen-bond donors (Lipinski definition) is 2. The van der Waals surface area contributed by atoms with Gasteiger partial charge in [-0.2, -0.15) is 0 Å². The Kier molecular flexibility index (Phi) is 2.41. The van der Waals surface area contributed by atoms with Crippen LogP contribution in [0.1, 0.15) is 40.0 Å². The van der Waals surface area contributed by atoms with Crippen LogP contribution in [0.4, 0.5) is 0 Å². The highest BCUT2D eigenvalue weighted by atomic mass is 16.3. The van der Waals surface area contributed by atoms with Crippen molar-refractivity contribution in [3.05, 3.63) is 0 Å². The third-order valence-corrected chi connectivity index (χ3v) is 3.28. The van der Waals surface area contributed by atoms with E-state index in [4.69, 9.17) is 5.73 Å². The minimum absolute atomic E-state index is 0.0336. The second-order valence-corrected chi connectivity index (χ2v) is 5.06. The zero-order valence-corrected chi connectivity index (χ0v) is 8.63. The number of aliphatic hydroxyl groups is 1. The Labute approximate surface area is 79.3 Å². The van der Waals surface area contributed by atoms with Gasteiger partial charge in [-0.15, -0.1) is 0 Å². The van der Waals surface area contributed by atoms with Gasteiger partial charge in [-0.1, -0.05) is 20.8 Å². The van der Waals surface area contributed by atoms with E-state index in [0.29, 0.717) is 6.42 Å². The minimum atomic E-state index is -1.27. The van der Waals surface area contributed by atoms with E-state index in [2.05, 4.69) is 13.8 Å². The highest BCUT2D eigenvalue weighted by Gasteiger charge is 2.46. The lowest BCUT2D eigenvalue weighted by atomic mass is 9.65. The summed E-state index contributed by atoms with van der Waals surface area (Å²) in [5, 5.41) is 9.97. The third kappa shape index (κ3) is 1.85. The van der Waals surface area contributed by atoms with Crippen LogP contribution in [0.5, 0.6) is 0 Å². The molecule has 3 nitrogen and oxygen atoms in total. The van der Waals surface area contributed by atoms with E-state index < -0.39 is 11.5 Å². The van der Waals surface area contributed by atoms with E-state index in [1.165, 1.54) is 0 Å². The summed E-state index contributed by atoms with van der Waals surface area (Å²) in [5.41, 5.74) is 4.15. The molecule has 1 rings (SSSR count). The van der Waals surface area contributed by atoms with Crippen molar-refractivity contribution in [2.24, 2.45) is 17.1 Å². The topological polar surface area (TPSA) is 63.3 Å². The summed E-state index contributed by atoms with van der Waals surface area (Å²) in [6.45, 7) is 6.21. The molecule has 3 N–H and O–H groups in total. The SMILES string of the molecule is CC1CC(C)(C)CCC1(O)C(N)=O. The molecule has 1 amide bonds. The molecule has 1 aliphatic rings. The average Bonchev–Trinajstić information content (AvgIpc) is 1.96. The van der Waals surface area contributed by atoms with E-state index in [1.807, 2.05) is 6.92 Å². The summed E-state index contributed by atoms with van der Waals surface area (Å²) in [5.74, 6) is -0.607. The maximum atomic E-state index is 11.1. The number of amides is 1. The zero-order chi connectivity index (χ0) is 10.3. The quantitative estimate of drug-likeness (QED) is 0.641. The van der Waals surface area contributed by atoms with Crippen molar-refractivity contribution in [2.75, 3.05) is 0 Å². The predicted molar refractivity (Wildman–Crippen MR) is 50.9 cm³/mol. The molecule has 0 spiro atoms. The van der Waals surface area contributed by atoms with Gasteiger partial charge in [0.1, 0.15) is 5.60 Å². The molecule has 0 aliphatic heterocycles.